The molecule has 2 heterocycles. The van der Waals surface area contributed by atoms with E-state index in [0.29, 0.717) is 29.8 Å². The lowest BCUT2D eigenvalue weighted by atomic mass is 9.62. The second kappa shape index (κ2) is 8.20. The fourth-order valence-electron chi connectivity index (χ4n) is 7.00. The number of hydrogen-bond donors (Lipinski definition) is 0. The van der Waals surface area contributed by atoms with E-state index in [2.05, 4.69) is 30.5 Å². The van der Waals surface area contributed by atoms with E-state index in [1.54, 1.807) is 7.11 Å². The Labute approximate surface area is 181 Å². The zero-order valence-corrected chi connectivity index (χ0v) is 18.7. The van der Waals surface area contributed by atoms with Crippen LogP contribution in [0.15, 0.2) is 30.4 Å². The second-order valence-electron chi connectivity index (χ2n) is 9.94. The van der Waals surface area contributed by atoms with E-state index >= 15 is 0 Å². The number of piperidine rings is 1. The maximum Gasteiger partial charge on any atom is 0.167 e. The predicted octanol–water partition coefficient (Wildman–Crippen LogP) is 5.24. The van der Waals surface area contributed by atoms with Crippen molar-refractivity contribution in [1.29, 1.82) is 0 Å². The lowest BCUT2D eigenvalue weighted by Crippen LogP contribution is -2.42. The van der Waals surface area contributed by atoms with Crippen LogP contribution >= 0.6 is 0 Å². The summed E-state index contributed by atoms with van der Waals surface area (Å²) >= 11 is 0. The highest BCUT2D eigenvalue weighted by molar-refractivity contribution is 5.48. The van der Waals surface area contributed by atoms with Crippen molar-refractivity contribution >= 4 is 0 Å². The first-order valence-electron chi connectivity index (χ1n) is 12.0. The number of likely N-dealkylation sites (tertiary alicyclic amines) is 1. The van der Waals surface area contributed by atoms with Gasteiger partial charge in [0, 0.05) is 18.7 Å². The number of hydrogen-bond acceptors (Lipinski definition) is 4. The summed E-state index contributed by atoms with van der Waals surface area (Å²) in [6, 6.07) is 6.31. The lowest BCUT2D eigenvalue weighted by molar-refractivity contribution is -0.107. The smallest absolute Gasteiger partial charge is 0.167 e. The van der Waals surface area contributed by atoms with Crippen molar-refractivity contribution in [3.63, 3.8) is 0 Å². The van der Waals surface area contributed by atoms with Crippen LogP contribution in [0.2, 0.25) is 0 Å². The zero-order valence-electron chi connectivity index (χ0n) is 18.7. The van der Waals surface area contributed by atoms with Gasteiger partial charge in [-0.15, -0.1) is 0 Å². The molecule has 4 heteroatoms. The Hall–Kier alpha value is -1.52. The van der Waals surface area contributed by atoms with Gasteiger partial charge in [-0.05, 0) is 74.4 Å². The Balaban J connectivity index is 1.38. The molecular weight excluding hydrogens is 374 g/mol. The van der Waals surface area contributed by atoms with Crippen LogP contribution in [0.4, 0.5) is 0 Å². The maximum absolute atomic E-state index is 6.47. The normalized spacial score (nSPS) is 36.0. The molecule has 1 aromatic rings. The third-order valence-corrected chi connectivity index (χ3v) is 8.72. The molecule has 30 heavy (non-hydrogen) atoms. The highest BCUT2D eigenvalue weighted by atomic mass is 16.5. The summed E-state index contributed by atoms with van der Waals surface area (Å²) in [5, 5.41) is 0. The third kappa shape index (κ3) is 3.27. The fourth-order valence-corrected chi connectivity index (χ4v) is 7.00. The van der Waals surface area contributed by atoms with E-state index in [0.717, 1.165) is 24.7 Å². The molecule has 4 fully saturated rings. The Kier molecular flexibility index (Phi) is 5.57. The number of rotatable bonds is 6. The van der Waals surface area contributed by atoms with Gasteiger partial charge in [-0.1, -0.05) is 37.6 Å². The molecule has 0 amide bonds. The first-order chi connectivity index (χ1) is 14.6. The molecule has 0 aromatic heterocycles. The van der Waals surface area contributed by atoms with Crippen LogP contribution in [-0.4, -0.2) is 44.9 Å². The van der Waals surface area contributed by atoms with Crippen molar-refractivity contribution in [3.8, 4) is 11.5 Å². The molecular formula is C26H37NO3. The summed E-state index contributed by atoms with van der Waals surface area (Å²) in [5.74, 6) is 3.54. The number of benzene rings is 1. The minimum atomic E-state index is 0.0967. The molecule has 0 radical (unpaired) electrons. The van der Waals surface area contributed by atoms with Crippen LogP contribution in [0.3, 0.4) is 0 Å². The molecule has 0 unspecified atom stereocenters. The van der Waals surface area contributed by atoms with Gasteiger partial charge < -0.3 is 14.2 Å². The van der Waals surface area contributed by atoms with E-state index in [-0.39, 0.29) is 6.10 Å². The molecule has 5 rings (SSSR count). The standard InChI is InChI=1S/C26H37NO3/c1-18-19(2)26-10-14-29-24(22(26)16-20(18)17-26)21-8-7-9-23(28-3)25(21)30-15-13-27-11-5-4-6-12-27/h7-9,19-20,22,24H,1,4-6,10-17H2,2-3H3/t19-,20-,22-,24-,26-/m1/s1. The predicted molar refractivity (Wildman–Crippen MR) is 119 cm³/mol. The lowest BCUT2D eigenvalue weighted by Gasteiger charge is -2.48. The molecule has 4 aliphatic rings. The van der Waals surface area contributed by atoms with E-state index < -0.39 is 0 Å². The van der Waals surface area contributed by atoms with Crippen molar-refractivity contribution < 1.29 is 14.2 Å². The summed E-state index contributed by atoms with van der Waals surface area (Å²) in [4.78, 5) is 2.52. The minimum Gasteiger partial charge on any atom is -0.493 e. The van der Waals surface area contributed by atoms with Gasteiger partial charge in [0.15, 0.2) is 11.5 Å². The molecule has 5 atom stereocenters. The van der Waals surface area contributed by atoms with Gasteiger partial charge in [-0.2, -0.15) is 0 Å². The maximum atomic E-state index is 6.47. The Morgan fingerprint density at radius 1 is 1.23 bits per heavy atom. The highest BCUT2D eigenvalue weighted by Crippen LogP contribution is 2.69. The monoisotopic (exact) mass is 411 g/mol. The van der Waals surface area contributed by atoms with Gasteiger partial charge in [0.05, 0.1) is 13.2 Å². The topological polar surface area (TPSA) is 30.9 Å². The quantitative estimate of drug-likeness (QED) is 0.599. The van der Waals surface area contributed by atoms with E-state index in [1.807, 2.05) is 6.07 Å². The Morgan fingerprint density at radius 3 is 2.83 bits per heavy atom. The van der Waals surface area contributed by atoms with Crippen LogP contribution in [0, 0.1) is 23.2 Å². The molecule has 164 valence electrons. The van der Waals surface area contributed by atoms with Gasteiger partial charge in [0.25, 0.3) is 0 Å². The van der Waals surface area contributed by atoms with Crippen LogP contribution in [-0.2, 0) is 4.74 Å². The van der Waals surface area contributed by atoms with Crippen LogP contribution < -0.4 is 9.47 Å². The van der Waals surface area contributed by atoms with Crippen molar-refractivity contribution in [2.75, 3.05) is 40.0 Å². The van der Waals surface area contributed by atoms with Gasteiger partial charge in [-0.3, -0.25) is 4.90 Å². The van der Waals surface area contributed by atoms with Crippen molar-refractivity contribution in [2.24, 2.45) is 23.2 Å². The molecule has 2 saturated carbocycles. The number of methoxy groups -OCH3 is 1. The average Bonchev–Trinajstić information content (AvgIpc) is 3.29. The number of allylic oxidation sites excluding steroid dienone is 1. The number of nitrogens with zero attached hydrogens (tertiary/aromatic N) is 1. The summed E-state index contributed by atoms with van der Waals surface area (Å²) in [6.07, 6.45) is 7.75. The average molecular weight is 412 g/mol. The highest BCUT2D eigenvalue weighted by Gasteiger charge is 2.61. The number of ether oxygens (including phenoxy) is 3. The first kappa shape index (κ1) is 20.4. The van der Waals surface area contributed by atoms with E-state index in [9.17, 15) is 0 Å². The zero-order chi connectivity index (χ0) is 20.7. The summed E-state index contributed by atoms with van der Waals surface area (Å²) in [5.41, 5.74) is 3.02. The fraction of sp³-hybridized carbons (Fsp3) is 0.692. The Bertz CT molecular complexity index is 786. The van der Waals surface area contributed by atoms with Crippen molar-refractivity contribution in [3.05, 3.63) is 35.9 Å². The van der Waals surface area contributed by atoms with Gasteiger partial charge in [-0.25, -0.2) is 0 Å². The second-order valence-corrected chi connectivity index (χ2v) is 9.94. The molecule has 2 aliphatic heterocycles. The number of fused-ring (bicyclic) bond motifs is 1. The molecule has 4 nitrogen and oxygen atoms in total. The van der Waals surface area contributed by atoms with Gasteiger partial charge >= 0.3 is 0 Å². The van der Waals surface area contributed by atoms with E-state index in [4.69, 9.17) is 14.2 Å². The van der Waals surface area contributed by atoms with Gasteiger partial charge in [0.2, 0.25) is 0 Å². The molecule has 1 spiro atoms. The Morgan fingerprint density at radius 2 is 2.07 bits per heavy atom. The number of para-hydroxylation sites is 1. The van der Waals surface area contributed by atoms with Crippen LogP contribution in [0.1, 0.15) is 57.1 Å². The van der Waals surface area contributed by atoms with Gasteiger partial charge in [0.1, 0.15) is 6.61 Å². The van der Waals surface area contributed by atoms with Crippen LogP contribution in [0.25, 0.3) is 0 Å². The molecule has 2 bridgehead atoms. The summed E-state index contributed by atoms with van der Waals surface area (Å²) < 4.78 is 18.6. The molecule has 2 saturated heterocycles. The minimum absolute atomic E-state index is 0.0967. The largest absolute Gasteiger partial charge is 0.493 e. The third-order valence-electron chi connectivity index (χ3n) is 8.72. The molecule has 1 aromatic carbocycles. The van der Waals surface area contributed by atoms with Crippen molar-refractivity contribution in [2.45, 2.75) is 51.6 Å². The first-order valence-corrected chi connectivity index (χ1v) is 12.0. The SMILES string of the molecule is C=C1[C@@H]2C[C@@H]3[C@@H](c4cccc(OC)c4OCCN4CCCCC4)OCC[C@@]3(C2)[C@@H]1C. The van der Waals surface area contributed by atoms with Crippen LogP contribution in [0.5, 0.6) is 11.5 Å². The van der Waals surface area contributed by atoms with Crippen molar-refractivity contribution in [1.82, 2.24) is 4.90 Å². The van der Waals surface area contributed by atoms with E-state index in [1.165, 1.54) is 62.8 Å². The molecule has 0 N–H and O–H groups in total. The summed E-state index contributed by atoms with van der Waals surface area (Å²) in [6.45, 7) is 11.7. The summed E-state index contributed by atoms with van der Waals surface area (Å²) in [7, 11) is 1.74. The molecule has 2 aliphatic carbocycles.